The smallest absolute Gasteiger partial charge is 0.475 e. The van der Waals surface area contributed by atoms with Crippen LogP contribution in [0.5, 0.6) is 0 Å². The molecular formula is C21H18F3NO5S2. The molecular weight excluding hydrogens is 467 g/mol. The van der Waals surface area contributed by atoms with Crippen LogP contribution in [0, 0.1) is 0 Å². The van der Waals surface area contributed by atoms with E-state index in [0.717, 1.165) is 23.4 Å². The number of hydrogen-bond donors (Lipinski definition) is 1. The van der Waals surface area contributed by atoms with Crippen LogP contribution in [0.4, 0.5) is 13.2 Å². The zero-order valence-corrected chi connectivity index (χ0v) is 18.1. The number of carboxylic acids is 1. The van der Waals surface area contributed by atoms with Crippen molar-refractivity contribution < 1.29 is 35.9 Å². The quantitative estimate of drug-likeness (QED) is 0.592. The molecule has 2 aliphatic heterocycles. The first-order valence-electron chi connectivity index (χ1n) is 9.54. The Labute approximate surface area is 185 Å². The van der Waals surface area contributed by atoms with Crippen LogP contribution in [0.15, 0.2) is 63.4 Å². The van der Waals surface area contributed by atoms with Crippen LogP contribution in [0.2, 0.25) is 0 Å². The van der Waals surface area contributed by atoms with Gasteiger partial charge in [-0.3, -0.25) is 4.90 Å². The van der Waals surface area contributed by atoms with E-state index < -0.39 is 22.0 Å². The second-order valence-corrected chi connectivity index (χ2v) is 10.6. The molecule has 1 saturated heterocycles. The highest BCUT2D eigenvalue weighted by molar-refractivity contribution is 7.92. The Bertz CT molecular complexity index is 1200. The van der Waals surface area contributed by atoms with Gasteiger partial charge in [-0.2, -0.15) is 13.2 Å². The molecule has 0 radical (unpaired) electrons. The normalized spacial score (nSPS) is 21.5. The molecule has 0 saturated carbocycles. The number of fused-ring (bicyclic) bond motifs is 3. The van der Waals surface area contributed by atoms with Gasteiger partial charge >= 0.3 is 12.1 Å². The summed E-state index contributed by atoms with van der Waals surface area (Å²) in [4.78, 5) is 12.8. The van der Waals surface area contributed by atoms with Crippen molar-refractivity contribution in [3.8, 4) is 10.4 Å². The molecule has 6 nitrogen and oxygen atoms in total. The first kappa shape index (κ1) is 22.6. The van der Waals surface area contributed by atoms with Gasteiger partial charge in [0.1, 0.15) is 5.76 Å². The summed E-state index contributed by atoms with van der Waals surface area (Å²) < 4.78 is 63.1. The molecule has 0 bridgehead atoms. The lowest BCUT2D eigenvalue weighted by Gasteiger charge is -2.16. The summed E-state index contributed by atoms with van der Waals surface area (Å²) in [6, 6.07) is 13.7. The van der Waals surface area contributed by atoms with Crippen LogP contribution in [0.1, 0.15) is 17.2 Å². The minimum Gasteiger partial charge on any atom is -0.475 e. The number of benzene rings is 1. The molecule has 5 rings (SSSR count). The van der Waals surface area contributed by atoms with Crippen LogP contribution in [0.3, 0.4) is 0 Å². The molecule has 170 valence electrons. The third-order valence-electron chi connectivity index (χ3n) is 5.46. The Kier molecular flexibility index (Phi) is 5.91. The summed E-state index contributed by atoms with van der Waals surface area (Å²) in [5.41, 5.74) is 2.09. The van der Waals surface area contributed by atoms with Crippen LogP contribution < -0.4 is 0 Å². The fourth-order valence-corrected chi connectivity index (χ4v) is 6.99. The number of likely N-dealkylation sites (tertiary alicyclic amines) is 1. The van der Waals surface area contributed by atoms with Crippen LogP contribution >= 0.6 is 11.3 Å². The van der Waals surface area contributed by atoms with Gasteiger partial charge in [0.2, 0.25) is 0 Å². The van der Waals surface area contributed by atoms with Gasteiger partial charge in [0.05, 0.1) is 23.0 Å². The lowest BCUT2D eigenvalue weighted by molar-refractivity contribution is -0.192. The Balaban J connectivity index is 0.000000307. The van der Waals surface area contributed by atoms with Crippen molar-refractivity contribution >= 4 is 27.1 Å². The monoisotopic (exact) mass is 485 g/mol. The first-order chi connectivity index (χ1) is 15.1. The third kappa shape index (κ3) is 4.32. The molecule has 0 amide bonds. The summed E-state index contributed by atoms with van der Waals surface area (Å²) in [6.45, 7) is 1.98. The number of furan rings is 1. The topological polar surface area (TPSA) is 87.8 Å². The van der Waals surface area contributed by atoms with E-state index >= 15 is 0 Å². The summed E-state index contributed by atoms with van der Waals surface area (Å²) in [6.07, 6.45) is -3.43. The molecule has 2 aromatic heterocycles. The highest BCUT2D eigenvalue weighted by Crippen LogP contribution is 2.46. The fraction of sp³-hybridized carbons (Fsp3) is 0.286. The standard InChI is InChI=1S/C19H17NO3S2.C2HF3O2/c21-25(22)18-6-5-13(17-4-2-8-24-17)9-15(18)16-11-20(12-19(16)25)10-14-3-1-7-23-14;3-2(4,5)1(6)7/h1-9,16,19H,10-12H2;(H,6,7). The molecule has 2 aliphatic rings. The van der Waals surface area contributed by atoms with E-state index in [0.29, 0.717) is 18.0 Å². The van der Waals surface area contributed by atoms with E-state index in [1.807, 2.05) is 29.6 Å². The van der Waals surface area contributed by atoms with Gasteiger partial charge in [0, 0.05) is 23.9 Å². The third-order valence-corrected chi connectivity index (χ3v) is 8.64. The van der Waals surface area contributed by atoms with Gasteiger partial charge in [-0.15, -0.1) is 11.3 Å². The summed E-state index contributed by atoms with van der Waals surface area (Å²) in [5, 5.41) is 8.83. The number of halogens is 3. The molecule has 1 N–H and O–H groups in total. The Morgan fingerprint density at radius 1 is 1.19 bits per heavy atom. The fourth-order valence-electron chi connectivity index (χ4n) is 4.07. The second-order valence-electron chi connectivity index (χ2n) is 7.50. The lowest BCUT2D eigenvalue weighted by Crippen LogP contribution is -2.25. The van der Waals surface area contributed by atoms with Crippen molar-refractivity contribution in [2.75, 3.05) is 13.1 Å². The first-order valence-corrected chi connectivity index (χ1v) is 12.0. The number of aliphatic carboxylic acids is 1. The maximum atomic E-state index is 13.0. The van der Waals surface area contributed by atoms with Crippen molar-refractivity contribution in [2.24, 2.45) is 0 Å². The summed E-state index contributed by atoms with van der Waals surface area (Å²) in [7, 11) is -3.25. The molecule has 1 fully saturated rings. The van der Waals surface area contributed by atoms with E-state index in [1.54, 1.807) is 23.7 Å². The van der Waals surface area contributed by atoms with Gasteiger partial charge in [0.15, 0.2) is 9.84 Å². The van der Waals surface area contributed by atoms with Gasteiger partial charge in [-0.25, -0.2) is 13.2 Å². The van der Waals surface area contributed by atoms with Gasteiger partial charge in [-0.05, 0) is 46.8 Å². The molecule has 32 heavy (non-hydrogen) atoms. The molecule has 3 aromatic rings. The van der Waals surface area contributed by atoms with Crippen molar-refractivity contribution in [1.29, 1.82) is 0 Å². The summed E-state index contributed by atoms with van der Waals surface area (Å²) >= 11 is 1.68. The van der Waals surface area contributed by atoms with Crippen molar-refractivity contribution in [1.82, 2.24) is 4.90 Å². The molecule has 11 heteroatoms. The van der Waals surface area contributed by atoms with Crippen LogP contribution in [-0.4, -0.2) is 48.9 Å². The van der Waals surface area contributed by atoms with E-state index in [9.17, 15) is 21.6 Å². The van der Waals surface area contributed by atoms with Gasteiger partial charge in [0.25, 0.3) is 0 Å². The van der Waals surface area contributed by atoms with Gasteiger partial charge < -0.3 is 9.52 Å². The Morgan fingerprint density at radius 3 is 2.53 bits per heavy atom. The molecule has 2 unspecified atom stereocenters. The second kappa shape index (κ2) is 8.38. The molecule has 2 atom stereocenters. The van der Waals surface area contributed by atoms with E-state index in [4.69, 9.17) is 14.3 Å². The number of thiophene rings is 1. The molecule has 0 spiro atoms. The number of carboxylic acid groups (broad SMARTS) is 1. The maximum absolute atomic E-state index is 13.0. The largest absolute Gasteiger partial charge is 0.490 e. The number of hydrogen-bond acceptors (Lipinski definition) is 6. The lowest BCUT2D eigenvalue weighted by atomic mass is 9.96. The van der Waals surface area contributed by atoms with Crippen LogP contribution in [-0.2, 0) is 21.2 Å². The predicted molar refractivity (Wildman–Crippen MR) is 111 cm³/mol. The Morgan fingerprint density at radius 2 is 1.94 bits per heavy atom. The predicted octanol–water partition coefficient (Wildman–Crippen LogP) is 4.40. The minimum absolute atomic E-state index is 0.0508. The zero-order chi connectivity index (χ0) is 23.1. The van der Waals surface area contributed by atoms with Crippen LogP contribution in [0.25, 0.3) is 10.4 Å². The van der Waals surface area contributed by atoms with Crippen molar-refractivity contribution in [2.45, 2.75) is 28.8 Å². The Hall–Kier alpha value is -2.63. The summed E-state index contributed by atoms with van der Waals surface area (Å²) in [5.74, 6) is -1.83. The van der Waals surface area contributed by atoms with Gasteiger partial charge in [-0.1, -0.05) is 12.1 Å². The van der Waals surface area contributed by atoms with Crippen molar-refractivity contribution in [3.05, 3.63) is 65.4 Å². The highest BCUT2D eigenvalue weighted by atomic mass is 32.2. The molecule has 4 heterocycles. The minimum atomic E-state index is -5.08. The number of alkyl halides is 3. The van der Waals surface area contributed by atoms with Crippen molar-refractivity contribution in [3.63, 3.8) is 0 Å². The average molecular weight is 486 g/mol. The molecule has 0 aliphatic carbocycles. The average Bonchev–Trinajstić information content (AvgIpc) is 3.51. The maximum Gasteiger partial charge on any atom is 0.490 e. The SMILES string of the molecule is O=C(O)C(F)(F)F.O=S1(=O)c2ccc(-c3cccs3)cc2C2CN(Cc3ccco3)CC21. The number of rotatable bonds is 3. The molecule has 1 aromatic carbocycles. The van der Waals surface area contributed by atoms with E-state index in [2.05, 4.69) is 17.0 Å². The highest BCUT2D eigenvalue weighted by Gasteiger charge is 2.50. The van der Waals surface area contributed by atoms with E-state index in [-0.39, 0.29) is 11.2 Å². The number of nitrogens with zero attached hydrogens (tertiary/aromatic N) is 1. The number of sulfone groups is 1. The number of carbonyl (C=O) groups is 1. The van der Waals surface area contributed by atoms with E-state index in [1.165, 1.54) is 4.88 Å². The zero-order valence-electron chi connectivity index (χ0n) is 16.4.